The van der Waals surface area contributed by atoms with Crippen molar-refractivity contribution < 1.29 is 9.90 Å². The Morgan fingerprint density at radius 3 is 2.67 bits per heavy atom. The van der Waals surface area contributed by atoms with Crippen molar-refractivity contribution in [2.45, 2.75) is 0 Å². The smallest absolute Gasteiger partial charge is 0.274 e. The van der Waals surface area contributed by atoms with E-state index < -0.39 is 0 Å². The van der Waals surface area contributed by atoms with Gasteiger partial charge in [-0.1, -0.05) is 11.6 Å². The molecule has 1 fully saturated rings. The Kier molecular flexibility index (Phi) is 4.46. The summed E-state index contributed by atoms with van der Waals surface area (Å²) in [6.07, 6.45) is 2.83. The van der Waals surface area contributed by atoms with Gasteiger partial charge in [-0.05, 0) is 0 Å². The van der Waals surface area contributed by atoms with E-state index in [1.807, 2.05) is 0 Å². The lowest BCUT2D eigenvalue weighted by atomic mass is 10.3. The van der Waals surface area contributed by atoms with Gasteiger partial charge in [-0.2, -0.15) is 0 Å². The number of rotatable bonds is 3. The molecule has 18 heavy (non-hydrogen) atoms. The van der Waals surface area contributed by atoms with Crippen LogP contribution < -0.4 is 0 Å². The molecule has 0 saturated carbocycles. The first-order valence-electron chi connectivity index (χ1n) is 5.81. The molecular formula is C11H15ClN4O2. The SMILES string of the molecule is O=C(c1cncc(Cl)n1)N1CCN(CCO)CC1. The summed E-state index contributed by atoms with van der Waals surface area (Å²) < 4.78 is 0. The lowest BCUT2D eigenvalue weighted by molar-refractivity contribution is 0.0609. The molecule has 0 atom stereocenters. The molecule has 1 saturated heterocycles. The number of β-amino-alcohol motifs (C(OH)–C–C–N with tert-alkyl or cyclic N) is 1. The van der Waals surface area contributed by atoms with Gasteiger partial charge >= 0.3 is 0 Å². The second kappa shape index (κ2) is 6.08. The predicted octanol–water partition coefficient (Wildman–Crippen LogP) is -0.120. The quantitative estimate of drug-likeness (QED) is 0.829. The second-order valence-corrected chi connectivity index (χ2v) is 4.47. The van der Waals surface area contributed by atoms with Crippen LogP contribution in [-0.2, 0) is 0 Å². The third kappa shape index (κ3) is 3.16. The molecule has 7 heteroatoms. The molecule has 2 rings (SSSR count). The van der Waals surface area contributed by atoms with E-state index in [2.05, 4.69) is 14.9 Å². The van der Waals surface area contributed by atoms with Crippen LogP contribution in [0.4, 0.5) is 0 Å². The standard InChI is InChI=1S/C11H15ClN4O2/c12-10-8-13-7-9(14-10)11(18)16-3-1-15(2-4-16)5-6-17/h7-8,17H,1-6H2. The van der Waals surface area contributed by atoms with E-state index in [0.29, 0.717) is 19.6 Å². The fraction of sp³-hybridized carbons (Fsp3) is 0.545. The summed E-state index contributed by atoms with van der Waals surface area (Å²) in [5.41, 5.74) is 0.276. The van der Waals surface area contributed by atoms with E-state index >= 15 is 0 Å². The molecule has 0 aliphatic carbocycles. The monoisotopic (exact) mass is 270 g/mol. The maximum atomic E-state index is 12.1. The van der Waals surface area contributed by atoms with Gasteiger partial charge in [-0.15, -0.1) is 0 Å². The lowest BCUT2D eigenvalue weighted by Crippen LogP contribution is -2.49. The number of piperazine rings is 1. The van der Waals surface area contributed by atoms with E-state index in [4.69, 9.17) is 16.7 Å². The topological polar surface area (TPSA) is 69.6 Å². The van der Waals surface area contributed by atoms with Crippen molar-refractivity contribution in [1.82, 2.24) is 19.8 Å². The van der Waals surface area contributed by atoms with Gasteiger partial charge in [0.1, 0.15) is 10.8 Å². The molecule has 0 unspecified atom stereocenters. The molecule has 1 aromatic heterocycles. The average molecular weight is 271 g/mol. The number of aliphatic hydroxyl groups excluding tert-OH is 1. The number of aromatic nitrogens is 2. The summed E-state index contributed by atoms with van der Waals surface area (Å²) in [5, 5.41) is 9.07. The van der Waals surface area contributed by atoms with Crippen LogP contribution in [-0.4, -0.2) is 70.1 Å². The summed E-state index contributed by atoms with van der Waals surface area (Å²) in [4.78, 5) is 23.8. The van der Waals surface area contributed by atoms with Crippen LogP contribution >= 0.6 is 11.6 Å². The van der Waals surface area contributed by atoms with Crippen molar-refractivity contribution in [3.05, 3.63) is 23.2 Å². The van der Waals surface area contributed by atoms with Crippen LogP contribution in [0, 0.1) is 0 Å². The minimum absolute atomic E-state index is 0.145. The van der Waals surface area contributed by atoms with Crippen molar-refractivity contribution in [2.24, 2.45) is 0 Å². The van der Waals surface area contributed by atoms with E-state index in [9.17, 15) is 4.79 Å². The average Bonchev–Trinajstić information content (AvgIpc) is 2.39. The van der Waals surface area contributed by atoms with Crippen molar-refractivity contribution in [1.29, 1.82) is 0 Å². The third-order valence-corrected chi connectivity index (χ3v) is 3.08. The highest BCUT2D eigenvalue weighted by Crippen LogP contribution is 2.08. The Morgan fingerprint density at radius 1 is 1.33 bits per heavy atom. The van der Waals surface area contributed by atoms with Crippen molar-refractivity contribution in [3.63, 3.8) is 0 Å². The van der Waals surface area contributed by atoms with E-state index in [1.165, 1.54) is 12.4 Å². The van der Waals surface area contributed by atoms with Gasteiger partial charge in [0.05, 0.1) is 19.0 Å². The maximum absolute atomic E-state index is 12.1. The van der Waals surface area contributed by atoms with Crippen molar-refractivity contribution in [2.75, 3.05) is 39.3 Å². The molecule has 0 aromatic carbocycles. The molecule has 0 bridgehead atoms. The summed E-state index contributed by atoms with van der Waals surface area (Å²) in [5.74, 6) is -0.145. The first-order chi connectivity index (χ1) is 8.70. The number of carbonyl (C=O) groups is 1. The number of halogens is 1. The van der Waals surface area contributed by atoms with E-state index in [-0.39, 0.29) is 23.4 Å². The van der Waals surface area contributed by atoms with Gasteiger partial charge in [0.25, 0.3) is 5.91 Å². The van der Waals surface area contributed by atoms with E-state index in [0.717, 1.165) is 13.1 Å². The highest BCUT2D eigenvalue weighted by atomic mass is 35.5. The van der Waals surface area contributed by atoms with Crippen LogP contribution in [0.3, 0.4) is 0 Å². The molecule has 0 spiro atoms. The van der Waals surface area contributed by atoms with Gasteiger partial charge < -0.3 is 10.0 Å². The summed E-state index contributed by atoms with van der Waals surface area (Å²) in [7, 11) is 0. The fourth-order valence-corrected chi connectivity index (χ4v) is 2.07. The van der Waals surface area contributed by atoms with E-state index in [1.54, 1.807) is 4.90 Å². The van der Waals surface area contributed by atoms with Crippen molar-refractivity contribution in [3.8, 4) is 0 Å². The van der Waals surface area contributed by atoms with Gasteiger partial charge in [-0.3, -0.25) is 14.7 Å². The molecular weight excluding hydrogens is 256 g/mol. The molecule has 98 valence electrons. The van der Waals surface area contributed by atoms with Crippen LogP contribution in [0.2, 0.25) is 5.15 Å². The minimum Gasteiger partial charge on any atom is -0.395 e. The molecule has 6 nitrogen and oxygen atoms in total. The Bertz CT molecular complexity index is 421. The number of aliphatic hydroxyl groups is 1. The Balaban J connectivity index is 1.95. The first kappa shape index (κ1) is 13.2. The number of nitrogens with zero attached hydrogens (tertiary/aromatic N) is 4. The van der Waals surface area contributed by atoms with Gasteiger partial charge in [0.2, 0.25) is 0 Å². The van der Waals surface area contributed by atoms with Gasteiger partial charge in [0.15, 0.2) is 0 Å². The number of carbonyl (C=O) groups excluding carboxylic acids is 1. The first-order valence-corrected chi connectivity index (χ1v) is 6.18. The molecule has 1 aliphatic rings. The largest absolute Gasteiger partial charge is 0.395 e. The Labute approximate surface area is 110 Å². The summed E-state index contributed by atoms with van der Waals surface area (Å²) in [6.45, 7) is 3.59. The molecule has 2 heterocycles. The fourth-order valence-electron chi connectivity index (χ4n) is 1.92. The molecule has 1 aromatic rings. The zero-order valence-electron chi connectivity index (χ0n) is 9.92. The molecule has 1 aliphatic heterocycles. The van der Waals surface area contributed by atoms with Crippen LogP contribution in [0.1, 0.15) is 10.5 Å². The van der Waals surface area contributed by atoms with Gasteiger partial charge in [0, 0.05) is 32.7 Å². The third-order valence-electron chi connectivity index (χ3n) is 2.90. The highest BCUT2D eigenvalue weighted by Gasteiger charge is 2.22. The van der Waals surface area contributed by atoms with Crippen molar-refractivity contribution >= 4 is 17.5 Å². The summed E-state index contributed by atoms with van der Waals surface area (Å²) in [6, 6.07) is 0. The minimum atomic E-state index is -0.145. The van der Waals surface area contributed by atoms with Crippen LogP contribution in [0.15, 0.2) is 12.4 Å². The zero-order valence-corrected chi connectivity index (χ0v) is 10.7. The lowest BCUT2D eigenvalue weighted by Gasteiger charge is -2.34. The van der Waals surface area contributed by atoms with Gasteiger partial charge in [-0.25, -0.2) is 4.98 Å². The second-order valence-electron chi connectivity index (χ2n) is 4.08. The number of hydrogen-bond donors (Lipinski definition) is 1. The number of hydrogen-bond acceptors (Lipinski definition) is 5. The Morgan fingerprint density at radius 2 is 2.06 bits per heavy atom. The Hall–Kier alpha value is -1.24. The summed E-state index contributed by atoms with van der Waals surface area (Å²) >= 11 is 5.71. The van der Waals surface area contributed by atoms with Crippen LogP contribution in [0.5, 0.6) is 0 Å². The molecule has 1 N–H and O–H groups in total. The molecule has 1 amide bonds. The zero-order chi connectivity index (χ0) is 13.0. The normalized spacial score (nSPS) is 16.9. The number of amides is 1. The predicted molar refractivity (Wildman–Crippen MR) is 66.5 cm³/mol. The maximum Gasteiger partial charge on any atom is 0.274 e. The molecule has 0 radical (unpaired) electrons. The highest BCUT2D eigenvalue weighted by molar-refractivity contribution is 6.29. The van der Waals surface area contributed by atoms with Crippen LogP contribution in [0.25, 0.3) is 0 Å².